The van der Waals surface area contributed by atoms with Gasteiger partial charge in [-0.3, -0.25) is 9.69 Å². The van der Waals surface area contributed by atoms with Gasteiger partial charge >= 0.3 is 0 Å². The molecule has 0 aliphatic carbocycles. The van der Waals surface area contributed by atoms with Crippen LogP contribution in [-0.4, -0.2) is 80.0 Å². The second-order valence-electron chi connectivity index (χ2n) is 9.17. The Kier molecular flexibility index (Phi) is 10.2. The average Bonchev–Trinajstić information content (AvgIpc) is 3.31. The first-order chi connectivity index (χ1) is 17.6. The van der Waals surface area contributed by atoms with E-state index in [1.165, 1.54) is 46.0 Å². The Morgan fingerprint density at radius 1 is 1.08 bits per heavy atom. The lowest BCUT2D eigenvalue weighted by atomic mass is 10.2. The van der Waals surface area contributed by atoms with E-state index in [0.29, 0.717) is 28.5 Å². The third kappa shape index (κ3) is 6.52. The molecule has 2 heterocycles. The van der Waals surface area contributed by atoms with Crippen LogP contribution in [0.5, 0.6) is 0 Å². The predicted octanol–water partition coefficient (Wildman–Crippen LogP) is 4.64. The summed E-state index contributed by atoms with van der Waals surface area (Å²) >= 11 is 1.26. The molecule has 1 fully saturated rings. The zero-order valence-electron chi connectivity index (χ0n) is 22.0. The molecule has 0 saturated carbocycles. The smallest absolute Gasteiger partial charge is 0.260 e. The summed E-state index contributed by atoms with van der Waals surface area (Å²) in [6.07, 6.45) is -0.394. The number of nitrogens with zero attached hydrogens (tertiary/aromatic N) is 4. The zero-order chi connectivity index (χ0) is 26.7. The standard InChI is InChI=1S/C26H33FN4O4S2.ClH/c1-5-29(6-2)14-15-31(26-28-24-22(27)8-7-9-23(24)36-26)25(32)20-10-12-21(13-11-20)37(33,34)30-16-18(3)35-19(4)17-30;/h7-13,18-19H,5-6,14-17H2,1-4H3;1H. The number of thiazole rings is 1. The Labute approximate surface area is 233 Å². The van der Waals surface area contributed by atoms with Crippen LogP contribution in [-0.2, 0) is 14.8 Å². The summed E-state index contributed by atoms with van der Waals surface area (Å²) in [7, 11) is -3.72. The first-order valence-corrected chi connectivity index (χ1v) is 14.7. The van der Waals surface area contributed by atoms with Crippen molar-refractivity contribution in [2.24, 2.45) is 0 Å². The van der Waals surface area contributed by atoms with Crippen molar-refractivity contribution in [3.8, 4) is 0 Å². The normalized spacial score (nSPS) is 18.5. The summed E-state index contributed by atoms with van der Waals surface area (Å²) in [5, 5.41) is 0.408. The number of aromatic nitrogens is 1. The second kappa shape index (κ2) is 12.8. The molecule has 38 heavy (non-hydrogen) atoms. The summed E-state index contributed by atoms with van der Waals surface area (Å²) in [5.74, 6) is -0.748. The first-order valence-electron chi connectivity index (χ1n) is 12.5. The Morgan fingerprint density at radius 2 is 1.71 bits per heavy atom. The van der Waals surface area contributed by atoms with E-state index in [1.807, 2.05) is 13.8 Å². The zero-order valence-corrected chi connectivity index (χ0v) is 24.4. The number of halogens is 2. The molecule has 0 spiro atoms. The molecule has 2 unspecified atom stereocenters. The molecule has 0 N–H and O–H groups in total. The van der Waals surface area contributed by atoms with E-state index in [1.54, 1.807) is 17.0 Å². The fourth-order valence-corrected chi connectivity index (χ4v) is 7.08. The van der Waals surface area contributed by atoms with Crippen LogP contribution in [0.1, 0.15) is 38.1 Å². The van der Waals surface area contributed by atoms with E-state index in [-0.39, 0.29) is 54.0 Å². The minimum Gasteiger partial charge on any atom is -0.373 e. The van der Waals surface area contributed by atoms with Crippen molar-refractivity contribution >= 4 is 55.0 Å². The molecular formula is C26H34ClFN4O4S2. The van der Waals surface area contributed by atoms with Crippen molar-refractivity contribution in [1.29, 1.82) is 0 Å². The summed E-state index contributed by atoms with van der Waals surface area (Å²) in [4.78, 5) is 22.0. The van der Waals surface area contributed by atoms with Crippen molar-refractivity contribution in [2.75, 3.05) is 44.2 Å². The number of sulfonamides is 1. The molecule has 208 valence electrons. The van der Waals surface area contributed by atoms with E-state index < -0.39 is 15.8 Å². The van der Waals surface area contributed by atoms with Gasteiger partial charge in [-0.05, 0) is 63.3 Å². The van der Waals surface area contributed by atoms with Gasteiger partial charge in [0.1, 0.15) is 11.3 Å². The Hall–Kier alpha value is -2.15. The molecule has 1 aliphatic heterocycles. The van der Waals surface area contributed by atoms with E-state index >= 15 is 0 Å². The Bertz CT molecular complexity index is 1340. The average molecular weight is 585 g/mol. The Balaban J connectivity index is 0.00000400. The number of ether oxygens (including phenoxy) is 1. The highest BCUT2D eigenvalue weighted by Gasteiger charge is 2.32. The lowest BCUT2D eigenvalue weighted by Gasteiger charge is -2.34. The van der Waals surface area contributed by atoms with E-state index in [0.717, 1.165) is 13.1 Å². The van der Waals surface area contributed by atoms with Crippen LogP contribution < -0.4 is 4.90 Å². The fourth-order valence-electron chi connectivity index (χ4n) is 4.49. The van der Waals surface area contributed by atoms with Gasteiger partial charge in [0.05, 0.1) is 21.8 Å². The number of para-hydroxylation sites is 1. The van der Waals surface area contributed by atoms with Gasteiger partial charge in [0.15, 0.2) is 5.13 Å². The highest BCUT2D eigenvalue weighted by atomic mass is 35.5. The summed E-state index contributed by atoms with van der Waals surface area (Å²) in [5.41, 5.74) is 0.570. The lowest BCUT2D eigenvalue weighted by Crippen LogP contribution is -2.48. The van der Waals surface area contributed by atoms with Gasteiger partial charge in [0, 0.05) is 31.7 Å². The third-order valence-electron chi connectivity index (χ3n) is 6.49. The van der Waals surface area contributed by atoms with Crippen LogP contribution in [0.4, 0.5) is 9.52 Å². The molecule has 1 amide bonds. The number of fused-ring (bicyclic) bond motifs is 1. The van der Waals surface area contributed by atoms with Gasteiger partial charge in [0.25, 0.3) is 5.91 Å². The van der Waals surface area contributed by atoms with Crippen LogP contribution in [0.2, 0.25) is 0 Å². The molecule has 12 heteroatoms. The van der Waals surface area contributed by atoms with Crippen molar-refractivity contribution in [3.05, 3.63) is 53.8 Å². The predicted molar refractivity (Wildman–Crippen MR) is 152 cm³/mol. The number of carbonyl (C=O) groups excluding carboxylic acids is 1. The molecule has 1 aliphatic rings. The van der Waals surface area contributed by atoms with Gasteiger partial charge in [-0.1, -0.05) is 31.3 Å². The van der Waals surface area contributed by atoms with E-state index in [2.05, 4.69) is 23.7 Å². The number of benzene rings is 2. The largest absolute Gasteiger partial charge is 0.373 e. The minimum atomic E-state index is -3.72. The molecule has 2 atom stereocenters. The number of hydrogen-bond acceptors (Lipinski definition) is 7. The quantitative estimate of drug-likeness (QED) is 0.364. The van der Waals surface area contributed by atoms with Gasteiger partial charge in [-0.25, -0.2) is 17.8 Å². The van der Waals surface area contributed by atoms with Gasteiger partial charge < -0.3 is 9.64 Å². The number of likely N-dealkylation sites (N-methyl/N-ethyl adjacent to an activating group) is 1. The first kappa shape index (κ1) is 30.4. The molecule has 3 aromatic rings. The molecule has 1 aromatic heterocycles. The number of carbonyl (C=O) groups is 1. The lowest BCUT2D eigenvalue weighted by molar-refractivity contribution is -0.0440. The molecular weight excluding hydrogens is 551 g/mol. The number of hydrogen-bond donors (Lipinski definition) is 0. The maximum Gasteiger partial charge on any atom is 0.260 e. The second-order valence-corrected chi connectivity index (χ2v) is 12.1. The molecule has 8 nitrogen and oxygen atoms in total. The summed E-state index contributed by atoms with van der Waals surface area (Å²) < 4.78 is 48.5. The maximum atomic E-state index is 14.3. The van der Waals surface area contributed by atoms with Crippen molar-refractivity contribution in [3.63, 3.8) is 0 Å². The van der Waals surface area contributed by atoms with Crippen LogP contribution in [0.15, 0.2) is 47.4 Å². The maximum absolute atomic E-state index is 14.3. The monoisotopic (exact) mass is 584 g/mol. The Morgan fingerprint density at radius 3 is 2.29 bits per heavy atom. The topological polar surface area (TPSA) is 83.1 Å². The van der Waals surface area contributed by atoms with Gasteiger partial charge in [-0.15, -0.1) is 12.4 Å². The van der Waals surface area contributed by atoms with Crippen LogP contribution in [0, 0.1) is 5.82 Å². The third-order valence-corrected chi connectivity index (χ3v) is 9.38. The minimum absolute atomic E-state index is 0. The van der Waals surface area contributed by atoms with Gasteiger partial charge in [0.2, 0.25) is 10.0 Å². The van der Waals surface area contributed by atoms with Crippen molar-refractivity contribution in [2.45, 2.75) is 44.8 Å². The van der Waals surface area contributed by atoms with Crippen LogP contribution in [0.3, 0.4) is 0 Å². The number of morpholine rings is 1. The highest BCUT2D eigenvalue weighted by molar-refractivity contribution is 7.89. The van der Waals surface area contributed by atoms with E-state index in [4.69, 9.17) is 4.74 Å². The molecule has 0 bridgehead atoms. The molecule has 1 saturated heterocycles. The molecule has 0 radical (unpaired) electrons. The van der Waals surface area contributed by atoms with Crippen molar-refractivity contribution < 1.29 is 22.3 Å². The van der Waals surface area contributed by atoms with Crippen LogP contribution in [0.25, 0.3) is 10.2 Å². The molecule has 2 aromatic carbocycles. The summed E-state index contributed by atoms with van der Waals surface area (Å²) in [6.45, 7) is 11.0. The van der Waals surface area contributed by atoms with Gasteiger partial charge in [-0.2, -0.15) is 4.31 Å². The SMILES string of the molecule is CCN(CC)CCN(C(=O)c1ccc(S(=O)(=O)N2CC(C)OC(C)C2)cc1)c1nc2c(F)cccc2s1.Cl. The summed E-state index contributed by atoms with van der Waals surface area (Å²) in [6, 6.07) is 10.7. The highest BCUT2D eigenvalue weighted by Crippen LogP contribution is 2.31. The number of rotatable bonds is 9. The fraction of sp³-hybridized carbons (Fsp3) is 0.462. The van der Waals surface area contributed by atoms with Crippen molar-refractivity contribution in [1.82, 2.24) is 14.2 Å². The number of anilines is 1. The van der Waals surface area contributed by atoms with Crippen LogP contribution >= 0.6 is 23.7 Å². The molecule has 4 rings (SSSR count). The number of amides is 1. The van der Waals surface area contributed by atoms with E-state index in [9.17, 15) is 17.6 Å².